The van der Waals surface area contributed by atoms with Crippen LogP contribution in [0.2, 0.25) is 0 Å². The molecule has 0 saturated carbocycles. The number of rotatable bonds is 7. The second-order valence-electron chi connectivity index (χ2n) is 3.69. The maximum Gasteiger partial charge on any atom is 0.307 e. The molecule has 0 saturated heterocycles. The van der Waals surface area contributed by atoms with Crippen LogP contribution in [0.15, 0.2) is 29.2 Å². The average molecular weight is 295 g/mol. The van der Waals surface area contributed by atoms with E-state index in [0.29, 0.717) is 5.75 Å². The van der Waals surface area contributed by atoms with Crippen molar-refractivity contribution in [3.63, 3.8) is 0 Å². The van der Waals surface area contributed by atoms with E-state index < -0.39 is 11.9 Å². The summed E-state index contributed by atoms with van der Waals surface area (Å²) in [4.78, 5) is 23.3. The number of benzene rings is 1. The zero-order valence-electron chi connectivity index (χ0n) is 10.7. The average Bonchev–Trinajstić information content (AvgIpc) is 2.45. The topological polar surface area (TPSA) is 55.4 Å². The molecule has 20 heavy (non-hydrogen) atoms. The Kier molecular flexibility index (Phi) is 7.22. The predicted molar refractivity (Wildman–Crippen MR) is 74.5 cm³/mol. The van der Waals surface area contributed by atoms with Crippen LogP contribution in [-0.4, -0.2) is 30.8 Å². The molecular weight excluding hydrogens is 281 g/mol. The summed E-state index contributed by atoms with van der Waals surface area (Å²) in [6.45, 7) is -0.224. The number of nitrogens with one attached hydrogen (secondary N) is 1. The molecule has 1 aromatic carbocycles. The third-order valence-corrected chi connectivity index (χ3v) is 3.15. The van der Waals surface area contributed by atoms with Gasteiger partial charge >= 0.3 is 5.97 Å². The Morgan fingerprint density at radius 3 is 2.70 bits per heavy atom. The Hall–Kier alpha value is -2.00. The third kappa shape index (κ3) is 6.81. The first-order chi connectivity index (χ1) is 9.61. The first-order valence-electron chi connectivity index (χ1n) is 5.86. The number of amides is 1. The lowest BCUT2D eigenvalue weighted by molar-refractivity contribution is -0.148. The number of thioether (sulfide) groups is 1. The van der Waals surface area contributed by atoms with Crippen molar-refractivity contribution in [3.8, 4) is 12.3 Å². The number of hydrogen-bond donors (Lipinski definition) is 1. The van der Waals surface area contributed by atoms with Crippen LogP contribution < -0.4 is 5.32 Å². The van der Waals surface area contributed by atoms with Crippen LogP contribution in [0.3, 0.4) is 0 Å². The van der Waals surface area contributed by atoms with E-state index in [2.05, 4.69) is 11.2 Å². The number of esters is 1. The van der Waals surface area contributed by atoms with Gasteiger partial charge in [0.1, 0.15) is 5.82 Å². The molecule has 1 N–H and O–H groups in total. The monoisotopic (exact) mass is 295 g/mol. The summed E-state index contributed by atoms with van der Waals surface area (Å²) in [7, 11) is 0. The van der Waals surface area contributed by atoms with Crippen molar-refractivity contribution < 1.29 is 18.7 Å². The number of halogens is 1. The minimum Gasteiger partial charge on any atom is -0.456 e. The lowest BCUT2D eigenvalue weighted by Crippen LogP contribution is -2.29. The third-order valence-electron chi connectivity index (χ3n) is 2.14. The number of hydrogen-bond acceptors (Lipinski definition) is 4. The molecule has 0 heterocycles. The molecule has 0 spiro atoms. The van der Waals surface area contributed by atoms with Gasteiger partial charge in [-0.3, -0.25) is 9.59 Å². The van der Waals surface area contributed by atoms with Crippen LogP contribution in [0.5, 0.6) is 0 Å². The molecule has 0 aliphatic carbocycles. The van der Waals surface area contributed by atoms with Crippen LogP contribution in [0.25, 0.3) is 0 Å². The Balaban J connectivity index is 2.15. The van der Waals surface area contributed by atoms with E-state index in [4.69, 9.17) is 11.2 Å². The SMILES string of the molecule is C#CCNC(=O)COC(=O)CCSc1ccc(F)cc1. The van der Waals surface area contributed by atoms with E-state index in [1.807, 2.05) is 0 Å². The summed E-state index contributed by atoms with van der Waals surface area (Å²) in [5.41, 5.74) is 0. The van der Waals surface area contributed by atoms with Crippen LogP contribution in [-0.2, 0) is 14.3 Å². The molecule has 0 aliphatic rings. The molecule has 6 heteroatoms. The van der Waals surface area contributed by atoms with Gasteiger partial charge in [0.25, 0.3) is 5.91 Å². The zero-order chi connectivity index (χ0) is 14.8. The van der Waals surface area contributed by atoms with Gasteiger partial charge in [-0.2, -0.15) is 0 Å². The van der Waals surface area contributed by atoms with Crippen molar-refractivity contribution >= 4 is 23.6 Å². The van der Waals surface area contributed by atoms with Gasteiger partial charge in [-0.05, 0) is 24.3 Å². The Bertz CT molecular complexity index is 496. The summed E-state index contributed by atoms with van der Waals surface area (Å²) in [6.07, 6.45) is 5.14. The van der Waals surface area contributed by atoms with Gasteiger partial charge in [0.2, 0.25) is 0 Å². The van der Waals surface area contributed by atoms with E-state index in [1.54, 1.807) is 12.1 Å². The summed E-state index contributed by atoms with van der Waals surface area (Å²) in [6, 6.07) is 5.99. The normalized spacial score (nSPS) is 9.60. The second-order valence-corrected chi connectivity index (χ2v) is 4.86. The predicted octanol–water partition coefficient (Wildman–Crippen LogP) is 1.60. The number of carbonyl (C=O) groups excluding carboxylic acids is 2. The molecular formula is C14H14FNO3S. The van der Waals surface area contributed by atoms with Gasteiger partial charge < -0.3 is 10.1 Å². The lowest BCUT2D eigenvalue weighted by atomic mass is 10.4. The van der Waals surface area contributed by atoms with E-state index >= 15 is 0 Å². The van der Waals surface area contributed by atoms with Crippen molar-refractivity contribution in [3.05, 3.63) is 30.1 Å². The highest BCUT2D eigenvalue weighted by Crippen LogP contribution is 2.18. The summed E-state index contributed by atoms with van der Waals surface area (Å²) in [5, 5.41) is 2.38. The molecule has 106 valence electrons. The maximum absolute atomic E-state index is 12.7. The molecule has 0 atom stereocenters. The molecule has 0 aliphatic heterocycles. The largest absolute Gasteiger partial charge is 0.456 e. The van der Waals surface area contributed by atoms with Crippen molar-refractivity contribution in [2.45, 2.75) is 11.3 Å². The maximum atomic E-state index is 12.7. The minimum atomic E-state index is -0.463. The van der Waals surface area contributed by atoms with Crippen molar-refractivity contribution in [2.75, 3.05) is 18.9 Å². The smallest absolute Gasteiger partial charge is 0.307 e. The van der Waals surface area contributed by atoms with Crippen molar-refractivity contribution in [2.24, 2.45) is 0 Å². The standard InChI is InChI=1S/C14H14FNO3S/c1-2-8-16-13(17)10-19-14(18)7-9-20-12-5-3-11(15)4-6-12/h1,3-6H,7-10H2,(H,16,17). The second kappa shape index (κ2) is 8.99. The van der Waals surface area contributed by atoms with Gasteiger partial charge in [0.05, 0.1) is 13.0 Å². The van der Waals surface area contributed by atoms with Gasteiger partial charge in [-0.1, -0.05) is 5.92 Å². The molecule has 1 aromatic rings. The highest BCUT2D eigenvalue weighted by molar-refractivity contribution is 7.99. The first kappa shape index (κ1) is 16.1. The fourth-order valence-electron chi connectivity index (χ4n) is 1.20. The number of terminal acetylenes is 1. The summed E-state index contributed by atoms with van der Waals surface area (Å²) < 4.78 is 17.4. The number of ether oxygens (including phenoxy) is 1. The molecule has 0 bridgehead atoms. The molecule has 4 nitrogen and oxygen atoms in total. The molecule has 0 fully saturated rings. The molecule has 1 amide bonds. The minimum absolute atomic E-state index is 0.108. The lowest BCUT2D eigenvalue weighted by Gasteiger charge is -2.04. The van der Waals surface area contributed by atoms with Gasteiger partial charge in [0, 0.05) is 10.6 Å². The van der Waals surface area contributed by atoms with Gasteiger partial charge in [-0.25, -0.2) is 4.39 Å². The van der Waals surface area contributed by atoms with E-state index in [0.717, 1.165) is 4.90 Å². The Morgan fingerprint density at radius 1 is 1.35 bits per heavy atom. The first-order valence-corrected chi connectivity index (χ1v) is 6.84. The van der Waals surface area contributed by atoms with E-state index in [9.17, 15) is 14.0 Å². The van der Waals surface area contributed by atoms with Crippen LogP contribution in [0, 0.1) is 18.2 Å². The van der Waals surface area contributed by atoms with Gasteiger partial charge in [-0.15, -0.1) is 18.2 Å². The van der Waals surface area contributed by atoms with E-state index in [1.165, 1.54) is 23.9 Å². The van der Waals surface area contributed by atoms with Crippen LogP contribution in [0.4, 0.5) is 4.39 Å². The molecule has 0 radical (unpaired) electrons. The van der Waals surface area contributed by atoms with Crippen molar-refractivity contribution in [1.29, 1.82) is 0 Å². The van der Waals surface area contributed by atoms with Crippen LogP contribution >= 0.6 is 11.8 Å². The Labute approximate surface area is 121 Å². The Morgan fingerprint density at radius 2 is 2.05 bits per heavy atom. The molecule has 0 aromatic heterocycles. The zero-order valence-corrected chi connectivity index (χ0v) is 11.5. The van der Waals surface area contributed by atoms with Crippen molar-refractivity contribution in [1.82, 2.24) is 5.32 Å². The van der Waals surface area contributed by atoms with Gasteiger partial charge in [0.15, 0.2) is 6.61 Å². The fraction of sp³-hybridized carbons (Fsp3) is 0.286. The summed E-state index contributed by atoms with van der Waals surface area (Å²) >= 11 is 1.41. The summed E-state index contributed by atoms with van der Waals surface area (Å²) in [5.74, 6) is 1.55. The molecule has 1 rings (SSSR count). The van der Waals surface area contributed by atoms with Crippen LogP contribution in [0.1, 0.15) is 6.42 Å². The molecule has 0 unspecified atom stereocenters. The quantitative estimate of drug-likeness (QED) is 0.471. The highest BCUT2D eigenvalue weighted by atomic mass is 32.2. The van der Waals surface area contributed by atoms with E-state index in [-0.39, 0.29) is 25.4 Å². The highest BCUT2D eigenvalue weighted by Gasteiger charge is 2.07. The fourth-order valence-corrected chi connectivity index (χ4v) is 2.03. The number of carbonyl (C=O) groups is 2.